The van der Waals surface area contributed by atoms with Crippen molar-refractivity contribution in [3.63, 3.8) is 0 Å². The van der Waals surface area contributed by atoms with Crippen molar-refractivity contribution in [1.82, 2.24) is 0 Å². The molecule has 0 radical (unpaired) electrons. The van der Waals surface area contributed by atoms with Crippen molar-refractivity contribution in [3.05, 3.63) is 90.5 Å². The first kappa shape index (κ1) is 15.7. The van der Waals surface area contributed by atoms with E-state index in [0.717, 1.165) is 16.8 Å². The van der Waals surface area contributed by atoms with Crippen LogP contribution in [-0.2, 0) is 0 Å². The molecule has 3 rings (SSSR count). The Balaban J connectivity index is 1.86. The molecule has 0 saturated carbocycles. The van der Waals surface area contributed by atoms with Crippen LogP contribution in [0.5, 0.6) is 0 Å². The summed E-state index contributed by atoms with van der Waals surface area (Å²) in [5, 5.41) is 0. The highest BCUT2D eigenvalue weighted by Crippen LogP contribution is 2.24. The summed E-state index contributed by atoms with van der Waals surface area (Å²) in [6.45, 7) is 1.85. The van der Waals surface area contributed by atoms with Crippen molar-refractivity contribution in [2.24, 2.45) is 15.7 Å². The fourth-order valence-corrected chi connectivity index (χ4v) is 2.45. The van der Waals surface area contributed by atoms with E-state index in [1.54, 1.807) is 0 Å². The van der Waals surface area contributed by atoms with Gasteiger partial charge in [-0.1, -0.05) is 72.8 Å². The molecule has 3 aromatic rings. The maximum absolute atomic E-state index is 6.04. The first-order valence-electron chi connectivity index (χ1n) is 7.83. The van der Waals surface area contributed by atoms with Crippen molar-refractivity contribution in [1.29, 1.82) is 0 Å². The molecule has 24 heavy (non-hydrogen) atoms. The maximum atomic E-state index is 6.04. The van der Waals surface area contributed by atoms with Gasteiger partial charge in [-0.25, -0.2) is 9.98 Å². The highest BCUT2D eigenvalue weighted by Gasteiger charge is 2.00. The molecule has 0 unspecified atom stereocenters. The molecule has 0 aromatic heterocycles. The van der Waals surface area contributed by atoms with Gasteiger partial charge in [0.25, 0.3) is 0 Å². The molecule has 3 nitrogen and oxygen atoms in total. The number of aliphatic imine (C=N–C) groups is 2. The van der Waals surface area contributed by atoms with Gasteiger partial charge in [0.1, 0.15) is 11.7 Å². The van der Waals surface area contributed by atoms with E-state index in [4.69, 9.17) is 5.73 Å². The fraction of sp³-hybridized carbons (Fsp3) is 0.0476. The number of hydrogen-bond donors (Lipinski definition) is 1. The zero-order chi connectivity index (χ0) is 16.8. The minimum atomic E-state index is 0.469. The summed E-state index contributed by atoms with van der Waals surface area (Å²) in [5.74, 6) is 1.10. The molecule has 0 bridgehead atoms. The summed E-state index contributed by atoms with van der Waals surface area (Å²) in [7, 11) is 0. The highest BCUT2D eigenvalue weighted by atomic mass is 15.0. The predicted molar refractivity (Wildman–Crippen MR) is 102 cm³/mol. The Labute approximate surface area is 142 Å². The average Bonchev–Trinajstić information content (AvgIpc) is 2.63. The summed E-state index contributed by atoms with van der Waals surface area (Å²) in [4.78, 5) is 8.95. The van der Waals surface area contributed by atoms with Gasteiger partial charge in [-0.15, -0.1) is 0 Å². The number of nitrogens with two attached hydrogens (primary N) is 1. The third kappa shape index (κ3) is 3.96. The minimum absolute atomic E-state index is 0.469. The predicted octanol–water partition coefficient (Wildman–Crippen LogP) is 4.81. The first-order chi connectivity index (χ1) is 11.7. The van der Waals surface area contributed by atoms with Crippen molar-refractivity contribution in [2.75, 3.05) is 0 Å². The summed E-state index contributed by atoms with van der Waals surface area (Å²) in [6, 6.07) is 28.0. The van der Waals surface area contributed by atoms with Crippen LogP contribution in [0.4, 0.5) is 5.69 Å². The summed E-state index contributed by atoms with van der Waals surface area (Å²) < 4.78 is 0. The van der Waals surface area contributed by atoms with Gasteiger partial charge in [0.05, 0.1) is 5.69 Å². The lowest BCUT2D eigenvalue weighted by atomic mass is 10.1. The highest BCUT2D eigenvalue weighted by molar-refractivity contribution is 6.05. The molecular formula is C21H19N3. The molecule has 0 aliphatic rings. The van der Waals surface area contributed by atoms with E-state index in [9.17, 15) is 0 Å². The monoisotopic (exact) mass is 313 g/mol. The summed E-state index contributed by atoms with van der Waals surface area (Å²) in [6.07, 6.45) is 0. The van der Waals surface area contributed by atoms with Crippen LogP contribution in [0.3, 0.4) is 0 Å². The van der Waals surface area contributed by atoms with Crippen LogP contribution in [0, 0.1) is 0 Å². The number of rotatable bonds is 3. The van der Waals surface area contributed by atoms with E-state index in [1.165, 1.54) is 5.56 Å². The van der Waals surface area contributed by atoms with Gasteiger partial charge in [-0.3, -0.25) is 0 Å². The molecule has 0 spiro atoms. The van der Waals surface area contributed by atoms with Crippen molar-refractivity contribution >= 4 is 17.4 Å². The van der Waals surface area contributed by atoms with Crippen molar-refractivity contribution in [2.45, 2.75) is 6.92 Å². The molecular weight excluding hydrogens is 294 g/mol. The van der Waals surface area contributed by atoms with Crippen molar-refractivity contribution in [3.8, 4) is 11.1 Å². The van der Waals surface area contributed by atoms with E-state index < -0.39 is 0 Å². The number of amidine groups is 2. The lowest BCUT2D eigenvalue weighted by molar-refractivity contribution is 1.42. The van der Waals surface area contributed by atoms with Crippen LogP contribution in [0.25, 0.3) is 11.1 Å². The van der Waals surface area contributed by atoms with E-state index >= 15 is 0 Å². The molecule has 2 N–H and O–H groups in total. The molecule has 0 heterocycles. The lowest BCUT2D eigenvalue weighted by Crippen LogP contribution is -2.14. The molecule has 0 atom stereocenters. The van der Waals surface area contributed by atoms with Gasteiger partial charge in [0, 0.05) is 5.56 Å². The molecule has 118 valence electrons. The van der Waals surface area contributed by atoms with Gasteiger partial charge in [-0.2, -0.15) is 0 Å². The standard InChI is InChI=1S/C21H19N3/c1-16(24-21(22)18-11-6-3-7-12-18)23-20-14-8-13-19(15-20)17-9-4-2-5-10-17/h2-15H,1H3,(H2,22,23,24). The molecule has 0 aliphatic carbocycles. The first-order valence-corrected chi connectivity index (χ1v) is 7.83. The Morgan fingerprint density at radius 3 is 2.08 bits per heavy atom. The fourth-order valence-electron chi connectivity index (χ4n) is 2.45. The summed E-state index contributed by atoms with van der Waals surface area (Å²) >= 11 is 0. The van der Waals surface area contributed by atoms with E-state index in [2.05, 4.69) is 28.2 Å². The van der Waals surface area contributed by atoms with Crippen LogP contribution < -0.4 is 5.73 Å². The number of benzene rings is 3. The van der Waals surface area contributed by atoms with E-state index in [-0.39, 0.29) is 0 Å². The zero-order valence-corrected chi connectivity index (χ0v) is 13.6. The Kier molecular flexibility index (Phi) is 4.82. The second-order valence-corrected chi connectivity index (χ2v) is 5.44. The topological polar surface area (TPSA) is 50.7 Å². The Hall–Kier alpha value is -3.20. The maximum Gasteiger partial charge on any atom is 0.132 e. The van der Waals surface area contributed by atoms with Gasteiger partial charge in [0.15, 0.2) is 0 Å². The third-order valence-electron chi connectivity index (χ3n) is 3.60. The Morgan fingerprint density at radius 1 is 0.750 bits per heavy atom. The normalized spacial score (nSPS) is 12.2. The Morgan fingerprint density at radius 2 is 1.38 bits per heavy atom. The number of nitrogens with zero attached hydrogens (tertiary/aromatic N) is 2. The largest absolute Gasteiger partial charge is 0.383 e. The molecule has 0 fully saturated rings. The van der Waals surface area contributed by atoms with Crippen LogP contribution in [0.1, 0.15) is 12.5 Å². The smallest absolute Gasteiger partial charge is 0.132 e. The van der Waals surface area contributed by atoms with Gasteiger partial charge in [0.2, 0.25) is 0 Å². The molecule has 0 aliphatic heterocycles. The minimum Gasteiger partial charge on any atom is -0.383 e. The van der Waals surface area contributed by atoms with E-state index in [1.807, 2.05) is 73.7 Å². The van der Waals surface area contributed by atoms with Gasteiger partial charge >= 0.3 is 0 Å². The zero-order valence-electron chi connectivity index (χ0n) is 13.6. The third-order valence-corrected chi connectivity index (χ3v) is 3.60. The van der Waals surface area contributed by atoms with Gasteiger partial charge < -0.3 is 5.73 Å². The van der Waals surface area contributed by atoms with Crippen molar-refractivity contribution < 1.29 is 0 Å². The lowest BCUT2D eigenvalue weighted by Gasteiger charge is -2.03. The van der Waals surface area contributed by atoms with E-state index in [0.29, 0.717) is 11.7 Å². The second-order valence-electron chi connectivity index (χ2n) is 5.44. The molecule has 0 saturated heterocycles. The SMILES string of the molecule is CC(=Nc1cccc(-c2ccccc2)c1)N=C(N)c1ccccc1. The van der Waals surface area contributed by atoms with Crippen LogP contribution in [0.2, 0.25) is 0 Å². The average molecular weight is 313 g/mol. The Bertz CT molecular complexity index is 866. The van der Waals surface area contributed by atoms with Crippen LogP contribution in [0.15, 0.2) is 94.9 Å². The molecule has 3 aromatic carbocycles. The van der Waals surface area contributed by atoms with Gasteiger partial charge in [-0.05, 0) is 30.2 Å². The number of hydrogen-bond acceptors (Lipinski definition) is 1. The molecule has 0 amide bonds. The molecule has 3 heteroatoms. The van der Waals surface area contributed by atoms with Crippen LogP contribution >= 0.6 is 0 Å². The second kappa shape index (κ2) is 7.38. The summed E-state index contributed by atoms with van der Waals surface area (Å²) in [5.41, 5.74) is 10.1. The quantitative estimate of drug-likeness (QED) is 0.547. The van der Waals surface area contributed by atoms with Crippen LogP contribution in [-0.4, -0.2) is 11.7 Å².